The molecule has 0 spiro atoms. The van der Waals surface area contributed by atoms with Crippen molar-refractivity contribution in [2.75, 3.05) is 13.1 Å². The second-order valence-electron chi connectivity index (χ2n) is 3.69. The van der Waals surface area contributed by atoms with Gasteiger partial charge in [-0.25, -0.2) is 0 Å². The minimum absolute atomic E-state index is 0.116. The van der Waals surface area contributed by atoms with Crippen LogP contribution in [0.4, 0.5) is 0 Å². The Hall–Kier alpha value is -1.40. The van der Waals surface area contributed by atoms with Crippen LogP contribution in [-0.4, -0.2) is 56.5 Å². The molecule has 15 heavy (non-hydrogen) atoms. The van der Waals surface area contributed by atoms with Gasteiger partial charge in [0.15, 0.2) is 0 Å². The van der Waals surface area contributed by atoms with Gasteiger partial charge < -0.3 is 15.1 Å². The molecule has 3 N–H and O–H groups in total. The molecular formula is C9H13N3O3. The van der Waals surface area contributed by atoms with Crippen LogP contribution in [0.25, 0.3) is 0 Å². The van der Waals surface area contributed by atoms with Crippen LogP contribution in [0.15, 0.2) is 12.3 Å². The van der Waals surface area contributed by atoms with Crippen LogP contribution in [0, 0.1) is 0 Å². The third kappa shape index (κ3) is 2.16. The van der Waals surface area contributed by atoms with Crippen LogP contribution in [0.2, 0.25) is 0 Å². The number of carbonyl (C=O) groups excluding carboxylic acids is 1. The van der Waals surface area contributed by atoms with Gasteiger partial charge >= 0.3 is 0 Å². The van der Waals surface area contributed by atoms with E-state index in [1.165, 1.54) is 4.90 Å². The lowest BCUT2D eigenvalue weighted by Gasteiger charge is -2.14. The van der Waals surface area contributed by atoms with E-state index in [0.717, 1.165) is 5.69 Å². The Bertz CT molecular complexity index is 328. The van der Waals surface area contributed by atoms with E-state index in [2.05, 4.69) is 10.2 Å². The summed E-state index contributed by atoms with van der Waals surface area (Å²) < 4.78 is 0. The zero-order chi connectivity index (χ0) is 10.8. The van der Waals surface area contributed by atoms with Crippen LogP contribution in [0.3, 0.4) is 0 Å². The molecule has 1 aromatic heterocycles. The van der Waals surface area contributed by atoms with Crippen molar-refractivity contribution in [2.45, 2.75) is 18.6 Å². The lowest BCUT2D eigenvalue weighted by Crippen LogP contribution is -2.31. The third-order valence-corrected chi connectivity index (χ3v) is 2.51. The minimum Gasteiger partial charge on any atom is -0.388 e. The number of aliphatic hydroxyl groups is 2. The molecule has 1 saturated heterocycles. The van der Waals surface area contributed by atoms with Crippen LogP contribution in [0.1, 0.15) is 5.69 Å². The van der Waals surface area contributed by atoms with E-state index < -0.39 is 12.2 Å². The summed E-state index contributed by atoms with van der Waals surface area (Å²) in [6.45, 7) is 0.405. The molecule has 1 aromatic rings. The second-order valence-corrected chi connectivity index (χ2v) is 3.69. The SMILES string of the molecule is O=C(Cc1ccn[nH]1)N1C[C@@H](O)[C@@H](O)C1. The Labute approximate surface area is 86.5 Å². The smallest absolute Gasteiger partial charge is 0.228 e. The first kappa shape index (κ1) is 10.1. The molecule has 1 amide bonds. The van der Waals surface area contributed by atoms with Crippen LogP contribution >= 0.6 is 0 Å². The van der Waals surface area contributed by atoms with E-state index in [1.54, 1.807) is 12.3 Å². The molecule has 2 rings (SSSR count). The van der Waals surface area contributed by atoms with Gasteiger partial charge in [0.1, 0.15) is 0 Å². The molecule has 0 aliphatic carbocycles. The molecule has 1 fully saturated rings. The zero-order valence-electron chi connectivity index (χ0n) is 8.13. The van der Waals surface area contributed by atoms with Gasteiger partial charge in [-0.15, -0.1) is 0 Å². The van der Waals surface area contributed by atoms with Gasteiger partial charge in [-0.3, -0.25) is 9.89 Å². The van der Waals surface area contributed by atoms with Crippen LogP contribution in [0.5, 0.6) is 0 Å². The largest absolute Gasteiger partial charge is 0.388 e. The average molecular weight is 211 g/mol. The lowest BCUT2D eigenvalue weighted by molar-refractivity contribution is -0.130. The summed E-state index contributed by atoms with van der Waals surface area (Å²) in [7, 11) is 0. The number of carbonyl (C=O) groups is 1. The Kier molecular flexibility index (Phi) is 2.70. The fraction of sp³-hybridized carbons (Fsp3) is 0.556. The number of amides is 1. The molecule has 1 aliphatic heterocycles. The number of H-pyrrole nitrogens is 1. The number of β-amino-alcohol motifs (C(OH)–C–C–N with tert-alkyl or cyclic N) is 2. The van der Waals surface area contributed by atoms with Crippen molar-refractivity contribution in [2.24, 2.45) is 0 Å². The molecule has 1 aliphatic rings. The maximum atomic E-state index is 11.7. The number of nitrogens with one attached hydrogen (secondary N) is 1. The molecule has 0 aromatic carbocycles. The molecule has 6 heteroatoms. The third-order valence-electron chi connectivity index (χ3n) is 2.51. The number of likely N-dealkylation sites (tertiary alicyclic amines) is 1. The molecule has 2 heterocycles. The van der Waals surface area contributed by atoms with E-state index in [9.17, 15) is 15.0 Å². The normalized spacial score (nSPS) is 25.9. The fourth-order valence-corrected chi connectivity index (χ4v) is 1.63. The summed E-state index contributed by atoms with van der Waals surface area (Å²) in [5, 5.41) is 25.0. The zero-order valence-corrected chi connectivity index (χ0v) is 8.13. The Balaban J connectivity index is 1.92. The number of aromatic amines is 1. The van der Waals surface area contributed by atoms with Crippen molar-refractivity contribution in [3.8, 4) is 0 Å². The number of hydrogen-bond donors (Lipinski definition) is 3. The predicted molar refractivity (Wildman–Crippen MR) is 50.9 cm³/mol. The van der Waals surface area contributed by atoms with Crippen molar-refractivity contribution in [3.63, 3.8) is 0 Å². The molecule has 0 saturated carbocycles. The fourth-order valence-electron chi connectivity index (χ4n) is 1.63. The van der Waals surface area contributed by atoms with Crippen LogP contribution in [-0.2, 0) is 11.2 Å². The average Bonchev–Trinajstić information content (AvgIpc) is 2.78. The van der Waals surface area contributed by atoms with Crippen molar-refractivity contribution in [1.82, 2.24) is 15.1 Å². The van der Waals surface area contributed by atoms with E-state index >= 15 is 0 Å². The monoisotopic (exact) mass is 211 g/mol. The van der Waals surface area contributed by atoms with Crippen molar-refractivity contribution in [1.29, 1.82) is 0 Å². The van der Waals surface area contributed by atoms with E-state index in [4.69, 9.17) is 0 Å². The molecule has 0 radical (unpaired) electrons. The predicted octanol–water partition coefficient (Wildman–Crippen LogP) is -1.48. The maximum absolute atomic E-state index is 11.7. The van der Waals surface area contributed by atoms with Gasteiger partial charge in [-0.05, 0) is 6.07 Å². The highest BCUT2D eigenvalue weighted by atomic mass is 16.3. The summed E-state index contributed by atoms with van der Waals surface area (Å²) in [6.07, 6.45) is 0.154. The highest BCUT2D eigenvalue weighted by molar-refractivity contribution is 5.78. The van der Waals surface area contributed by atoms with Gasteiger partial charge in [0, 0.05) is 25.0 Å². The van der Waals surface area contributed by atoms with Crippen LogP contribution < -0.4 is 0 Å². The molecule has 0 unspecified atom stereocenters. The number of aliphatic hydroxyl groups excluding tert-OH is 2. The quantitative estimate of drug-likeness (QED) is 0.556. The lowest BCUT2D eigenvalue weighted by atomic mass is 10.3. The first-order chi connectivity index (χ1) is 7.16. The summed E-state index contributed by atoms with van der Waals surface area (Å²) in [6, 6.07) is 1.72. The van der Waals surface area contributed by atoms with E-state index in [-0.39, 0.29) is 25.4 Å². The molecule has 6 nitrogen and oxygen atoms in total. The molecule has 82 valence electrons. The highest BCUT2D eigenvalue weighted by Crippen LogP contribution is 2.11. The first-order valence-corrected chi connectivity index (χ1v) is 4.79. The summed E-state index contributed by atoms with van der Waals surface area (Å²) in [5.74, 6) is -0.116. The highest BCUT2D eigenvalue weighted by Gasteiger charge is 2.32. The van der Waals surface area contributed by atoms with Gasteiger partial charge in [0.2, 0.25) is 5.91 Å². The molecule has 2 atom stereocenters. The van der Waals surface area contributed by atoms with Crippen molar-refractivity contribution in [3.05, 3.63) is 18.0 Å². The number of rotatable bonds is 2. The van der Waals surface area contributed by atoms with Gasteiger partial charge in [-0.2, -0.15) is 5.10 Å². The Morgan fingerprint density at radius 1 is 1.53 bits per heavy atom. The summed E-state index contributed by atoms with van der Waals surface area (Å²) in [4.78, 5) is 13.1. The first-order valence-electron chi connectivity index (χ1n) is 4.79. The van der Waals surface area contributed by atoms with Gasteiger partial charge in [-0.1, -0.05) is 0 Å². The standard InChI is InChI=1S/C9H13N3O3/c13-7-4-12(5-8(7)14)9(15)3-6-1-2-10-11-6/h1-2,7-8,13-14H,3-5H2,(H,10,11)/t7-,8+. The Morgan fingerprint density at radius 3 is 2.73 bits per heavy atom. The van der Waals surface area contributed by atoms with Crippen molar-refractivity contribution >= 4 is 5.91 Å². The second kappa shape index (κ2) is 4.00. The number of nitrogens with zero attached hydrogens (tertiary/aromatic N) is 2. The molecule has 0 bridgehead atoms. The van der Waals surface area contributed by atoms with E-state index in [0.29, 0.717) is 0 Å². The maximum Gasteiger partial charge on any atom is 0.228 e. The summed E-state index contributed by atoms with van der Waals surface area (Å²) >= 11 is 0. The number of hydrogen-bond acceptors (Lipinski definition) is 4. The van der Waals surface area contributed by atoms with Gasteiger partial charge in [0.25, 0.3) is 0 Å². The Morgan fingerprint density at radius 2 is 2.20 bits per heavy atom. The van der Waals surface area contributed by atoms with E-state index in [1.807, 2.05) is 0 Å². The topological polar surface area (TPSA) is 89.5 Å². The summed E-state index contributed by atoms with van der Waals surface area (Å²) in [5.41, 5.74) is 0.732. The minimum atomic E-state index is -0.823. The van der Waals surface area contributed by atoms with Gasteiger partial charge in [0.05, 0.1) is 18.6 Å². The molecular weight excluding hydrogens is 198 g/mol. The number of aromatic nitrogens is 2. The van der Waals surface area contributed by atoms with Crippen molar-refractivity contribution < 1.29 is 15.0 Å².